The van der Waals surface area contributed by atoms with Gasteiger partial charge in [0.15, 0.2) is 0 Å². The van der Waals surface area contributed by atoms with Gasteiger partial charge in [0, 0.05) is 4.47 Å². The minimum absolute atomic E-state index is 0.0958. The van der Waals surface area contributed by atoms with E-state index in [1.807, 2.05) is 18.2 Å². The molecule has 0 amide bonds. The highest BCUT2D eigenvalue weighted by Crippen LogP contribution is 2.32. The molecule has 90 valence electrons. The molecule has 1 aromatic heterocycles. The number of aryl methyl sites for hydroxylation is 1. The minimum atomic E-state index is -0.0958. The molecule has 17 heavy (non-hydrogen) atoms. The van der Waals surface area contributed by atoms with E-state index in [1.165, 1.54) is 11.1 Å². The first-order valence-electron chi connectivity index (χ1n) is 5.25. The van der Waals surface area contributed by atoms with Gasteiger partial charge < -0.3 is 10.5 Å². The predicted molar refractivity (Wildman–Crippen MR) is 75.8 cm³/mol. The summed E-state index contributed by atoms with van der Waals surface area (Å²) in [5, 5.41) is 4.23. The van der Waals surface area contributed by atoms with Gasteiger partial charge in [-0.15, -0.1) is 0 Å². The Morgan fingerprint density at radius 3 is 2.59 bits per heavy atom. The molecule has 1 atom stereocenters. The van der Waals surface area contributed by atoms with Crippen LogP contribution in [-0.4, -0.2) is 7.11 Å². The Bertz CT molecular complexity index is 524. The Hall–Kier alpha value is -0.840. The van der Waals surface area contributed by atoms with E-state index < -0.39 is 0 Å². The van der Waals surface area contributed by atoms with Crippen molar-refractivity contribution < 1.29 is 4.74 Å². The Kier molecular flexibility index (Phi) is 3.86. The van der Waals surface area contributed by atoms with Crippen LogP contribution in [0.5, 0.6) is 5.75 Å². The lowest BCUT2D eigenvalue weighted by Gasteiger charge is -2.15. The van der Waals surface area contributed by atoms with Crippen molar-refractivity contribution in [2.24, 2.45) is 5.73 Å². The van der Waals surface area contributed by atoms with Gasteiger partial charge in [-0.05, 0) is 46.5 Å². The van der Waals surface area contributed by atoms with Crippen molar-refractivity contribution >= 4 is 27.3 Å². The third kappa shape index (κ3) is 2.54. The lowest BCUT2D eigenvalue weighted by atomic mass is 9.99. The molecular weight excluding hydrogens is 298 g/mol. The number of hydrogen-bond acceptors (Lipinski definition) is 3. The van der Waals surface area contributed by atoms with Crippen molar-refractivity contribution in [1.82, 2.24) is 0 Å². The average molecular weight is 312 g/mol. The highest BCUT2D eigenvalue weighted by Gasteiger charge is 2.15. The van der Waals surface area contributed by atoms with Gasteiger partial charge in [0.1, 0.15) is 5.75 Å². The first-order valence-corrected chi connectivity index (χ1v) is 6.98. The van der Waals surface area contributed by atoms with Crippen molar-refractivity contribution in [3.63, 3.8) is 0 Å². The average Bonchev–Trinajstić information content (AvgIpc) is 2.74. The molecule has 2 aromatic rings. The highest BCUT2D eigenvalue weighted by molar-refractivity contribution is 9.10. The zero-order valence-corrected chi connectivity index (χ0v) is 12.1. The highest BCUT2D eigenvalue weighted by atomic mass is 79.9. The van der Waals surface area contributed by atoms with E-state index in [2.05, 4.69) is 33.6 Å². The molecule has 0 aliphatic carbocycles. The molecular formula is C13H14BrNOS. The maximum absolute atomic E-state index is 6.29. The Morgan fingerprint density at radius 2 is 2.06 bits per heavy atom. The second-order valence-electron chi connectivity index (χ2n) is 3.88. The minimum Gasteiger partial charge on any atom is -0.497 e. The van der Waals surface area contributed by atoms with Gasteiger partial charge in [-0.1, -0.05) is 22.0 Å². The molecule has 2 nitrogen and oxygen atoms in total. The molecule has 2 rings (SSSR count). The number of nitrogens with two attached hydrogens (primary N) is 1. The topological polar surface area (TPSA) is 35.2 Å². The number of methoxy groups -OCH3 is 1. The van der Waals surface area contributed by atoms with Crippen LogP contribution in [0.4, 0.5) is 0 Å². The van der Waals surface area contributed by atoms with Crippen LogP contribution < -0.4 is 10.5 Å². The number of benzene rings is 1. The van der Waals surface area contributed by atoms with E-state index in [1.54, 1.807) is 18.4 Å². The summed E-state index contributed by atoms with van der Waals surface area (Å²) in [5.41, 5.74) is 9.79. The number of hydrogen-bond donors (Lipinski definition) is 1. The quantitative estimate of drug-likeness (QED) is 0.933. The molecule has 0 aliphatic heterocycles. The Morgan fingerprint density at radius 1 is 1.29 bits per heavy atom. The van der Waals surface area contributed by atoms with Crippen molar-refractivity contribution in [2.45, 2.75) is 13.0 Å². The summed E-state index contributed by atoms with van der Waals surface area (Å²) >= 11 is 5.22. The molecule has 0 aliphatic rings. The molecule has 1 aromatic carbocycles. The summed E-state index contributed by atoms with van der Waals surface area (Å²) in [7, 11) is 1.66. The summed E-state index contributed by atoms with van der Waals surface area (Å²) < 4.78 is 6.16. The fourth-order valence-corrected chi connectivity index (χ4v) is 3.24. The number of rotatable bonds is 3. The van der Waals surface area contributed by atoms with E-state index in [-0.39, 0.29) is 6.04 Å². The van der Waals surface area contributed by atoms with Gasteiger partial charge in [0.05, 0.1) is 13.2 Å². The normalized spacial score (nSPS) is 12.5. The van der Waals surface area contributed by atoms with Gasteiger partial charge >= 0.3 is 0 Å². The smallest absolute Gasteiger partial charge is 0.120 e. The fourth-order valence-electron chi connectivity index (χ4n) is 1.74. The standard InChI is InChI=1S/C13H14BrNOS/c1-8-6-17-7-11(8)13(15)10-4-3-9(16-2)5-12(10)14/h3-7,13H,15H2,1-2H3. The van der Waals surface area contributed by atoms with Crippen LogP contribution in [0, 0.1) is 6.92 Å². The zero-order valence-electron chi connectivity index (χ0n) is 9.74. The van der Waals surface area contributed by atoms with Gasteiger partial charge in [-0.3, -0.25) is 0 Å². The molecule has 0 spiro atoms. The Balaban J connectivity index is 2.38. The van der Waals surface area contributed by atoms with Crippen LogP contribution >= 0.6 is 27.3 Å². The molecule has 0 fully saturated rings. The summed E-state index contributed by atoms with van der Waals surface area (Å²) in [6.07, 6.45) is 0. The van der Waals surface area contributed by atoms with Crippen LogP contribution in [0.1, 0.15) is 22.7 Å². The first-order chi connectivity index (χ1) is 8.13. The monoisotopic (exact) mass is 311 g/mol. The second kappa shape index (κ2) is 5.21. The SMILES string of the molecule is COc1ccc(C(N)c2cscc2C)c(Br)c1. The molecule has 0 saturated heterocycles. The lowest BCUT2D eigenvalue weighted by molar-refractivity contribution is 0.414. The van der Waals surface area contributed by atoms with E-state index in [4.69, 9.17) is 10.5 Å². The van der Waals surface area contributed by atoms with Gasteiger partial charge in [-0.25, -0.2) is 0 Å². The second-order valence-corrected chi connectivity index (χ2v) is 5.47. The van der Waals surface area contributed by atoms with E-state index in [0.29, 0.717) is 0 Å². The lowest BCUT2D eigenvalue weighted by Crippen LogP contribution is -2.12. The molecule has 2 N–H and O–H groups in total. The van der Waals surface area contributed by atoms with Gasteiger partial charge in [-0.2, -0.15) is 11.3 Å². The van der Waals surface area contributed by atoms with Crippen LogP contribution in [0.3, 0.4) is 0 Å². The van der Waals surface area contributed by atoms with Crippen LogP contribution in [-0.2, 0) is 0 Å². The molecule has 0 radical (unpaired) electrons. The summed E-state index contributed by atoms with van der Waals surface area (Å²) in [5.74, 6) is 0.829. The largest absolute Gasteiger partial charge is 0.497 e. The predicted octanol–water partition coefficient (Wildman–Crippen LogP) is 3.88. The van der Waals surface area contributed by atoms with Gasteiger partial charge in [0.2, 0.25) is 0 Å². The van der Waals surface area contributed by atoms with Crippen molar-refractivity contribution in [1.29, 1.82) is 0 Å². The molecule has 0 bridgehead atoms. The van der Waals surface area contributed by atoms with Crippen LogP contribution in [0.15, 0.2) is 33.4 Å². The third-order valence-electron chi connectivity index (χ3n) is 2.77. The summed E-state index contributed by atoms with van der Waals surface area (Å²) in [4.78, 5) is 0. The molecule has 0 saturated carbocycles. The third-order valence-corrected chi connectivity index (χ3v) is 4.34. The van der Waals surface area contributed by atoms with Crippen molar-refractivity contribution in [3.05, 3.63) is 50.1 Å². The Labute approximate surface area is 114 Å². The number of halogens is 1. The fraction of sp³-hybridized carbons (Fsp3) is 0.231. The van der Waals surface area contributed by atoms with E-state index in [9.17, 15) is 0 Å². The maximum atomic E-state index is 6.29. The molecule has 4 heteroatoms. The van der Waals surface area contributed by atoms with Gasteiger partial charge in [0.25, 0.3) is 0 Å². The number of thiophene rings is 1. The number of ether oxygens (including phenoxy) is 1. The van der Waals surface area contributed by atoms with Crippen molar-refractivity contribution in [2.75, 3.05) is 7.11 Å². The van der Waals surface area contributed by atoms with E-state index in [0.717, 1.165) is 15.8 Å². The van der Waals surface area contributed by atoms with Crippen LogP contribution in [0.25, 0.3) is 0 Å². The maximum Gasteiger partial charge on any atom is 0.120 e. The van der Waals surface area contributed by atoms with Crippen molar-refractivity contribution in [3.8, 4) is 5.75 Å². The van der Waals surface area contributed by atoms with E-state index >= 15 is 0 Å². The zero-order chi connectivity index (χ0) is 12.4. The first kappa shape index (κ1) is 12.6. The van der Waals surface area contributed by atoms with Crippen LogP contribution in [0.2, 0.25) is 0 Å². The summed E-state index contributed by atoms with van der Waals surface area (Å²) in [6, 6.07) is 5.78. The molecule has 1 unspecified atom stereocenters. The molecule has 1 heterocycles. The summed E-state index contributed by atoms with van der Waals surface area (Å²) in [6.45, 7) is 2.09.